The van der Waals surface area contributed by atoms with Crippen LogP contribution in [0, 0.1) is 0 Å². The van der Waals surface area contributed by atoms with E-state index in [4.69, 9.17) is 0 Å². The second kappa shape index (κ2) is 4.94. The molecule has 0 saturated heterocycles. The number of hydrogen-bond donors (Lipinski definition) is 1. The molecule has 0 amide bonds. The molecular weight excluding hydrogens is 276 g/mol. The smallest absolute Gasteiger partial charge is 0.395 e. The van der Waals surface area contributed by atoms with E-state index in [1.807, 2.05) is 0 Å². The van der Waals surface area contributed by atoms with E-state index in [1.54, 1.807) is 0 Å². The average molecular weight is 283 g/mol. The zero-order valence-corrected chi connectivity index (χ0v) is 9.14. The van der Waals surface area contributed by atoms with Crippen molar-refractivity contribution in [3.05, 3.63) is 47.2 Å². The number of halogens is 6. The topological polar surface area (TPSA) is 43.1 Å². The predicted octanol–water partition coefficient (Wildman–Crippen LogP) is 3.29. The number of carbonyl (C=O) groups is 1. The van der Waals surface area contributed by atoms with E-state index in [2.05, 4.69) is 5.73 Å². The Kier molecular flexibility index (Phi) is 3.92. The van der Waals surface area contributed by atoms with Crippen molar-refractivity contribution in [2.75, 3.05) is 0 Å². The normalized spacial score (nSPS) is 13.5. The number of nitrogens with two attached hydrogens (primary N) is 1. The molecule has 2 N–H and O–H groups in total. The van der Waals surface area contributed by atoms with E-state index in [0.29, 0.717) is 12.1 Å². The van der Waals surface area contributed by atoms with Gasteiger partial charge in [0.2, 0.25) is 0 Å². The maximum atomic E-state index is 12.4. The first-order chi connectivity index (χ1) is 8.51. The lowest BCUT2D eigenvalue weighted by Gasteiger charge is -2.08. The van der Waals surface area contributed by atoms with Crippen LogP contribution in [0.1, 0.15) is 15.9 Å². The highest BCUT2D eigenvalue weighted by Crippen LogP contribution is 2.30. The Morgan fingerprint density at radius 3 is 2.16 bits per heavy atom. The maximum absolute atomic E-state index is 12.4. The zero-order chi connectivity index (χ0) is 14.8. The highest BCUT2D eigenvalue weighted by Gasteiger charge is 2.33. The monoisotopic (exact) mass is 283 g/mol. The first-order valence-electron chi connectivity index (χ1n) is 4.78. The molecule has 0 aliphatic carbocycles. The van der Waals surface area contributed by atoms with Gasteiger partial charge in [0.05, 0.1) is 5.56 Å². The van der Waals surface area contributed by atoms with Crippen molar-refractivity contribution in [1.29, 1.82) is 0 Å². The van der Waals surface area contributed by atoms with Crippen molar-refractivity contribution in [1.82, 2.24) is 0 Å². The van der Waals surface area contributed by atoms with Gasteiger partial charge in [-0.3, -0.25) is 4.79 Å². The molecule has 1 aromatic rings. The first-order valence-corrected chi connectivity index (χ1v) is 4.78. The largest absolute Gasteiger partial charge is 0.430 e. The van der Waals surface area contributed by atoms with Crippen LogP contribution in [0.2, 0.25) is 0 Å². The molecule has 19 heavy (non-hydrogen) atoms. The van der Waals surface area contributed by atoms with Gasteiger partial charge in [-0.1, -0.05) is 12.1 Å². The summed E-state index contributed by atoms with van der Waals surface area (Å²) in [4.78, 5) is 11.4. The van der Waals surface area contributed by atoms with Gasteiger partial charge < -0.3 is 5.73 Å². The summed E-state index contributed by atoms with van der Waals surface area (Å²) in [5.74, 6) is -1.25. The van der Waals surface area contributed by atoms with E-state index in [0.717, 1.165) is 12.1 Å². The third-order valence-electron chi connectivity index (χ3n) is 2.09. The van der Waals surface area contributed by atoms with Gasteiger partial charge in [0.15, 0.2) is 5.78 Å². The Balaban J connectivity index is 3.09. The number of benzene rings is 1. The minimum Gasteiger partial charge on any atom is -0.395 e. The molecule has 1 rings (SSSR count). The van der Waals surface area contributed by atoms with Gasteiger partial charge in [0.1, 0.15) is 5.70 Å². The van der Waals surface area contributed by atoms with Crippen LogP contribution < -0.4 is 5.73 Å². The Labute approximate surface area is 103 Å². The van der Waals surface area contributed by atoms with Gasteiger partial charge >= 0.3 is 12.4 Å². The predicted molar refractivity (Wildman–Crippen MR) is 54.1 cm³/mol. The molecule has 8 heteroatoms. The molecule has 104 valence electrons. The van der Waals surface area contributed by atoms with Gasteiger partial charge in [0, 0.05) is 11.6 Å². The molecule has 0 radical (unpaired) electrons. The molecule has 0 spiro atoms. The minimum absolute atomic E-state index is 0.0511. The lowest BCUT2D eigenvalue weighted by Crippen LogP contribution is -2.20. The molecule has 0 bridgehead atoms. The number of hydrogen-bond acceptors (Lipinski definition) is 2. The Bertz CT molecular complexity index is 515. The van der Waals surface area contributed by atoms with Crippen molar-refractivity contribution in [2.45, 2.75) is 12.4 Å². The first kappa shape index (κ1) is 15.1. The molecule has 0 fully saturated rings. The van der Waals surface area contributed by atoms with E-state index in [-0.39, 0.29) is 6.08 Å². The summed E-state index contributed by atoms with van der Waals surface area (Å²) < 4.78 is 73.3. The lowest BCUT2D eigenvalue weighted by molar-refractivity contribution is -0.137. The summed E-state index contributed by atoms with van der Waals surface area (Å²) in [5, 5.41) is 0. The summed E-state index contributed by atoms with van der Waals surface area (Å²) in [6, 6.07) is 3.06. The van der Waals surface area contributed by atoms with E-state index >= 15 is 0 Å². The van der Waals surface area contributed by atoms with Gasteiger partial charge in [-0.05, 0) is 12.1 Å². The van der Waals surface area contributed by atoms with Crippen LogP contribution in [0.25, 0.3) is 0 Å². The quantitative estimate of drug-likeness (QED) is 0.514. The van der Waals surface area contributed by atoms with E-state index < -0.39 is 35.0 Å². The molecule has 1 aromatic carbocycles. The summed E-state index contributed by atoms with van der Waals surface area (Å²) >= 11 is 0. The Morgan fingerprint density at radius 2 is 1.68 bits per heavy atom. The summed E-state index contributed by atoms with van der Waals surface area (Å²) in [7, 11) is 0. The number of carbonyl (C=O) groups excluding carboxylic acids is 1. The van der Waals surface area contributed by atoms with Crippen LogP contribution in [-0.2, 0) is 6.18 Å². The van der Waals surface area contributed by atoms with Crippen LogP contribution >= 0.6 is 0 Å². The van der Waals surface area contributed by atoms with Crippen LogP contribution in [0.15, 0.2) is 36.0 Å². The molecule has 0 aliphatic heterocycles. The van der Waals surface area contributed by atoms with Crippen molar-refractivity contribution < 1.29 is 31.1 Å². The fourth-order valence-corrected chi connectivity index (χ4v) is 1.16. The SMILES string of the molecule is N/C(=C/C(=O)c1cccc(C(F)(F)F)c1)C(F)(F)F. The highest BCUT2D eigenvalue weighted by atomic mass is 19.4. The van der Waals surface area contributed by atoms with Gasteiger partial charge in [-0.2, -0.15) is 26.3 Å². The minimum atomic E-state index is -4.91. The van der Waals surface area contributed by atoms with Gasteiger partial charge in [-0.25, -0.2) is 0 Å². The average Bonchev–Trinajstić information content (AvgIpc) is 2.26. The molecule has 0 atom stereocenters. The second-order valence-electron chi connectivity index (χ2n) is 3.54. The standard InChI is InChI=1S/C11H7F6NO/c12-10(13,14)7-3-1-2-6(4-7)8(19)5-9(18)11(15,16)17/h1-5H,18H2/b9-5+. The van der Waals surface area contributed by atoms with Crippen molar-refractivity contribution in [3.8, 4) is 0 Å². The van der Waals surface area contributed by atoms with Crippen LogP contribution in [0.4, 0.5) is 26.3 Å². The van der Waals surface area contributed by atoms with E-state index in [1.165, 1.54) is 0 Å². The molecule has 2 nitrogen and oxygen atoms in total. The zero-order valence-electron chi connectivity index (χ0n) is 9.14. The number of rotatable bonds is 2. The Morgan fingerprint density at radius 1 is 1.11 bits per heavy atom. The molecule has 0 aromatic heterocycles. The maximum Gasteiger partial charge on any atom is 0.430 e. The molecular formula is C11H7F6NO. The summed E-state index contributed by atoms with van der Waals surface area (Å²) in [5.41, 5.74) is 1.28. The number of ketones is 1. The van der Waals surface area contributed by atoms with Crippen molar-refractivity contribution in [3.63, 3.8) is 0 Å². The van der Waals surface area contributed by atoms with Gasteiger partial charge in [-0.15, -0.1) is 0 Å². The lowest BCUT2D eigenvalue weighted by atomic mass is 10.1. The third kappa shape index (κ3) is 4.01. The molecule has 0 saturated carbocycles. The number of allylic oxidation sites excluding steroid dienone is 2. The van der Waals surface area contributed by atoms with Crippen LogP contribution in [0.5, 0.6) is 0 Å². The summed E-state index contributed by atoms with van der Waals surface area (Å²) in [6.07, 6.45) is -9.54. The van der Waals surface area contributed by atoms with Crippen LogP contribution in [0.3, 0.4) is 0 Å². The molecule has 0 unspecified atom stereocenters. The highest BCUT2D eigenvalue weighted by molar-refractivity contribution is 6.05. The van der Waals surface area contributed by atoms with E-state index in [9.17, 15) is 31.1 Å². The number of alkyl halides is 6. The Hall–Kier alpha value is -1.99. The molecule has 0 aliphatic rings. The van der Waals surface area contributed by atoms with Crippen molar-refractivity contribution in [2.24, 2.45) is 5.73 Å². The van der Waals surface area contributed by atoms with Gasteiger partial charge in [0.25, 0.3) is 0 Å². The van der Waals surface area contributed by atoms with Crippen molar-refractivity contribution >= 4 is 5.78 Å². The van der Waals surface area contributed by atoms with Crippen LogP contribution in [-0.4, -0.2) is 12.0 Å². The molecule has 0 heterocycles. The third-order valence-corrected chi connectivity index (χ3v) is 2.09. The second-order valence-corrected chi connectivity index (χ2v) is 3.54. The fraction of sp³-hybridized carbons (Fsp3) is 0.182. The fourth-order valence-electron chi connectivity index (χ4n) is 1.16. The summed E-state index contributed by atoms with van der Waals surface area (Å²) in [6.45, 7) is 0.